The van der Waals surface area contributed by atoms with Gasteiger partial charge in [-0.25, -0.2) is 0 Å². The lowest BCUT2D eigenvalue weighted by Gasteiger charge is -2.09. The zero-order chi connectivity index (χ0) is 10.3. The molecular weight excluding hydrogens is 166 g/mol. The SMILES string of the molecule is CC(C)OC(=O)CCCCN(C)C. The third-order valence-corrected chi connectivity index (χ3v) is 1.60. The first-order valence-electron chi connectivity index (χ1n) is 4.86. The van der Waals surface area contributed by atoms with E-state index >= 15 is 0 Å². The Kier molecular flexibility index (Phi) is 6.59. The van der Waals surface area contributed by atoms with Crippen LogP contribution in [0.3, 0.4) is 0 Å². The van der Waals surface area contributed by atoms with Gasteiger partial charge in [-0.2, -0.15) is 0 Å². The summed E-state index contributed by atoms with van der Waals surface area (Å²) in [5.74, 6) is -0.0752. The summed E-state index contributed by atoms with van der Waals surface area (Å²) in [6.07, 6.45) is 2.54. The number of carbonyl (C=O) groups is 1. The number of hydrogen-bond donors (Lipinski definition) is 0. The van der Waals surface area contributed by atoms with E-state index in [4.69, 9.17) is 4.74 Å². The maximum atomic E-state index is 11.1. The summed E-state index contributed by atoms with van der Waals surface area (Å²) in [5.41, 5.74) is 0. The van der Waals surface area contributed by atoms with Crippen LogP contribution in [0.25, 0.3) is 0 Å². The minimum atomic E-state index is -0.0752. The highest BCUT2D eigenvalue weighted by molar-refractivity contribution is 5.69. The minimum absolute atomic E-state index is 0.0151. The van der Waals surface area contributed by atoms with Crippen molar-refractivity contribution in [2.75, 3.05) is 20.6 Å². The summed E-state index contributed by atoms with van der Waals surface area (Å²) in [5, 5.41) is 0. The smallest absolute Gasteiger partial charge is 0.306 e. The van der Waals surface area contributed by atoms with E-state index in [1.165, 1.54) is 0 Å². The molecule has 0 fully saturated rings. The van der Waals surface area contributed by atoms with Crippen LogP contribution in [0, 0.1) is 0 Å². The first-order chi connectivity index (χ1) is 6.02. The summed E-state index contributed by atoms with van der Waals surface area (Å²) < 4.78 is 5.00. The van der Waals surface area contributed by atoms with Gasteiger partial charge in [0.1, 0.15) is 0 Å². The quantitative estimate of drug-likeness (QED) is 0.468. The summed E-state index contributed by atoms with van der Waals surface area (Å²) in [6, 6.07) is 0. The Morgan fingerprint density at radius 3 is 2.38 bits per heavy atom. The van der Waals surface area contributed by atoms with Crippen molar-refractivity contribution < 1.29 is 9.53 Å². The van der Waals surface area contributed by atoms with Crippen molar-refractivity contribution in [1.29, 1.82) is 0 Å². The van der Waals surface area contributed by atoms with Crippen molar-refractivity contribution in [3.05, 3.63) is 0 Å². The van der Waals surface area contributed by atoms with E-state index in [2.05, 4.69) is 4.90 Å². The van der Waals surface area contributed by atoms with Gasteiger partial charge in [-0.1, -0.05) is 0 Å². The van der Waals surface area contributed by atoms with Crippen LogP contribution in [0.4, 0.5) is 0 Å². The Labute approximate surface area is 81.1 Å². The molecule has 13 heavy (non-hydrogen) atoms. The van der Waals surface area contributed by atoms with E-state index in [0.717, 1.165) is 19.4 Å². The maximum absolute atomic E-state index is 11.1. The predicted octanol–water partition coefficient (Wildman–Crippen LogP) is 1.67. The second-order valence-corrected chi connectivity index (χ2v) is 3.80. The third kappa shape index (κ3) is 9.34. The topological polar surface area (TPSA) is 29.5 Å². The van der Waals surface area contributed by atoms with Gasteiger partial charge in [0.2, 0.25) is 0 Å². The normalized spacial score (nSPS) is 10.9. The average molecular weight is 187 g/mol. The predicted molar refractivity (Wildman–Crippen MR) is 53.6 cm³/mol. The molecule has 3 nitrogen and oxygen atoms in total. The van der Waals surface area contributed by atoms with Gasteiger partial charge in [0.05, 0.1) is 6.10 Å². The Hall–Kier alpha value is -0.570. The number of rotatable bonds is 6. The van der Waals surface area contributed by atoms with Gasteiger partial charge in [-0.15, -0.1) is 0 Å². The molecule has 0 saturated carbocycles. The highest BCUT2D eigenvalue weighted by Crippen LogP contribution is 2.00. The van der Waals surface area contributed by atoms with E-state index in [0.29, 0.717) is 6.42 Å². The van der Waals surface area contributed by atoms with Crippen LogP contribution in [0.5, 0.6) is 0 Å². The van der Waals surface area contributed by atoms with Gasteiger partial charge in [0, 0.05) is 6.42 Å². The molecule has 0 N–H and O–H groups in total. The van der Waals surface area contributed by atoms with Crippen LogP contribution in [0.2, 0.25) is 0 Å². The van der Waals surface area contributed by atoms with E-state index in [-0.39, 0.29) is 12.1 Å². The molecule has 3 heteroatoms. The lowest BCUT2D eigenvalue weighted by Crippen LogP contribution is -2.14. The molecule has 0 rings (SSSR count). The van der Waals surface area contributed by atoms with E-state index < -0.39 is 0 Å². The number of ether oxygens (including phenoxy) is 1. The summed E-state index contributed by atoms with van der Waals surface area (Å²) in [4.78, 5) is 13.2. The zero-order valence-electron chi connectivity index (χ0n) is 9.17. The van der Waals surface area contributed by atoms with Crippen LogP contribution < -0.4 is 0 Å². The molecule has 0 radical (unpaired) electrons. The lowest BCUT2D eigenvalue weighted by atomic mass is 10.2. The molecule has 0 aromatic carbocycles. The molecule has 0 aromatic heterocycles. The lowest BCUT2D eigenvalue weighted by molar-refractivity contribution is -0.147. The first-order valence-corrected chi connectivity index (χ1v) is 4.86. The molecule has 0 bridgehead atoms. The maximum Gasteiger partial charge on any atom is 0.306 e. The zero-order valence-corrected chi connectivity index (χ0v) is 9.17. The fourth-order valence-electron chi connectivity index (χ4n) is 1.02. The molecule has 0 aromatic rings. The molecule has 0 aliphatic heterocycles. The van der Waals surface area contributed by atoms with Gasteiger partial charge in [-0.05, 0) is 47.3 Å². The van der Waals surface area contributed by atoms with Crippen molar-refractivity contribution in [2.24, 2.45) is 0 Å². The molecule has 0 aliphatic carbocycles. The fraction of sp³-hybridized carbons (Fsp3) is 0.900. The van der Waals surface area contributed by atoms with Crippen LogP contribution in [0.15, 0.2) is 0 Å². The van der Waals surface area contributed by atoms with E-state index in [1.807, 2.05) is 27.9 Å². The average Bonchev–Trinajstić information content (AvgIpc) is 1.96. The van der Waals surface area contributed by atoms with Crippen LogP contribution >= 0.6 is 0 Å². The Morgan fingerprint density at radius 2 is 1.92 bits per heavy atom. The highest BCUT2D eigenvalue weighted by atomic mass is 16.5. The fourth-order valence-corrected chi connectivity index (χ4v) is 1.02. The van der Waals surface area contributed by atoms with Crippen LogP contribution in [-0.2, 0) is 9.53 Å². The summed E-state index contributed by atoms with van der Waals surface area (Å²) >= 11 is 0. The van der Waals surface area contributed by atoms with Crippen molar-refractivity contribution in [3.8, 4) is 0 Å². The molecule has 78 valence electrons. The summed E-state index contributed by atoms with van der Waals surface area (Å²) in [6.45, 7) is 4.78. The molecule has 0 saturated heterocycles. The van der Waals surface area contributed by atoms with Crippen molar-refractivity contribution in [3.63, 3.8) is 0 Å². The number of nitrogens with zero attached hydrogens (tertiary/aromatic N) is 1. The standard InChI is InChI=1S/C10H21NO2/c1-9(2)13-10(12)7-5-6-8-11(3)4/h9H,5-8H2,1-4H3. The molecular formula is C10H21NO2. The van der Waals surface area contributed by atoms with Gasteiger partial charge in [0.25, 0.3) is 0 Å². The van der Waals surface area contributed by atoms with Gasteiger partial charge in [0.15, 0.2) is 0 Å². The second-order valence-electron chi connectivity index (χ2n) is 3.80. The number of unbranched alkanes of at least 4 members (excludes halogenated alkanes) is 1. The summed E-state index contributed by atoms with van der Waals surface area (Å²) in [7, 11) is 4.07. The van der Waals surface area contributed by atoms with E-state index in [1.54, 1.807) is 0 Å². The van der Waals surface area contributed by atoms with Crippen molar-refractivity contribution >= 4 is 5.97 Å². The monoisotopic (exact) mass is 187 g/mol. The third-order valence-electron chi connectivity index (χ3n) is 1.60. The minimum Gasteiger partial charge on any atom is -0.463 e. The van der Waals surface area contributed by atoms with Crippen LogP contribution in [0.1, 0.15) is 33.1 Å². The second kappa shape index (κ2) is 6.89. The van der Waals surface area contributed by atoms with Crippen molar-refractivity contribution in [2.45, 2.75) is 39.2 Å². The largest absolute Gasteiger partial charge is 0.463 e. The van der Waals surface area contributed by atoms with Crippen LogP contribution in [-0.4, -0.2) is 37.6 Å². The van der Waals surface area contributed by atoms with Gasteiger partial charge >= 0.3 is 5.97 Å². The molecule has 0 spiro atoms. The molecule has 0 amide bonds. The number of esters is 1. The first kappa shape index (κ1) is 12.4. The van der Waals surface area contributed by atoms with Gasteiger partial charge < -0.3 is 9.64 Å². The van der Waals surface area contributed by atoms with E-state index in [9.17, 15) is 4.79 Å². The molecule has 0 heterocycles. The Bertz CT molecular complexity index is 144. The molecule has 0 atom stereocenters. The van der Waals surface area contributed by atoms with Gasteiger partial charge in [-0.3, -0.25) is 4.79 Å². The number of hydrogen-bond acceptors (Lipinski definition) is 3. The highest BCUT2D eigenvalue weighted by Gasteiger charge is 2.04. The molecule has 0 unspecified atom stereocenters. The molecule has 0 aliphatic rings. The number of carbonyl (C=O) groups excluding carboxylic acids is 1. The Morgan fingerprint density at radius 1 is 1.31 bits per heavy atom. The Balaban J connectivity index is 3.27. The van der Waals surface area contributed by atoms with Crippen molar-refractivity contribution in [1.82, 2.24) is 4.90 Å².